The third kappa shape index (κ3) is 3.44. The Labute approximate surface area is 133 Å². The largest absolute Gasteiger partial charge is 0.237 e. The molecule has 1 atom stereocenters. The van der Waals surface area contributed by atoms with Crippen molar-refractivity contribution in [3.63, 3.8) is 0 Å². The summed E-state index contributed by atoms with van der Waals surface area (Å²) in [5.41, 5.74) is 4.65. The maximum Gasteiger partial charge on any atom is 0.125 e. The number of aryl methyl sites for hydroxylation is 2. The maximum absolute atomic E-state index is 12.2. The molecule has 0 radical (unpaired) electrons. The zero-order chi connectivity index (χ0) is 15.4. The normalized spacial score (nSPS) is 14.9. The van der Waals surface area contributed by atoms with E-state index in [1.54, 1.807) is 24.3 Å². The van der Waals surface area contributed by atoms with Gasteiger partial charge in [0, 0.05) is 6.54 Å². The lowest BCUT2D eigenvalue weighted by Crippen LogP contribution is -2.17. The van der Waals surface area contributed by atoms with E-state index in [9.17, 15) is 4.21 Å². The molecule has 1 unspecified atom stereocenters. The second kappa shape index (κ2) is 6.87. The minimum absolute atomic E-state index is 0.579. The lowest BCUT2D eigenvalue weighted by molar-refractivity contribution is 0.670. The van der Waals surface area contributed by atoms with Crippen LogP contribution in [0.5, 0.6) is 0 Å². The third-order valence-corrected chi connectivity index (χ3v) is 5.12. The van der Waals surface area contributed by atoms with Crippen molar-refractivity contribution in [2.24, 2.45) is 0 Å². The summed E-state index contributed by atoms with van der Waals surface area (Å²) in [4.78, 5) is 0.692. The molecule has 3 nitrogen and oxygen atoms in total. The van der Waals surface area contributed by atoms with E-state index in [0.717, 1.165) is 6.42 Å². The van der Waals surface area contributed by atoms with Crippen molar-refractivity contribution < 1.29 is 4.21 Å². The summed E-state index contributed by atoms with van der Waals surface area (Å²) < 4.78 is 15.3. The molecule has 112 valence electrons. The van der Waals surface area contributed by atoms with Gasteiger partial charge < -0.3 is 0 Å². The summed E-state index contributed by atoms with van der Waals surface area (Å²) in [5, 5.41) is 8.77. The van der Waals surface area contributed by atoms with Crippen molar-refractivity contribution in [1.82, 2.24) is 4.72 Å². The quantitative estimate of drug-likeness (QED) is 0.942. The Kier molecular flexibility index (Phi) is 4.67. The van der Waals surface area contributed by atoms with Gasteiger partial charge in [0.2, 0.25) is 0 Å². The average Bonchev–Trinajstić information content (AvgIpc) is 2.59. The van der Waals surface area contributed by atoms with E-state index >= 15 is 0 Å². The van der Waals surface area contributed by atoms with Gasteiger partial charge in [0.1, 0.15) is 11.0 Å². The molecule has 1 aliphatic carbocycles. The SMILES string of the molecule is N#Cc1ccc(S(=O)NCc2ccc3c(c2)CCCC3)cc1. The second-order valence-electron chi connectivity index (χ2n) is 5.54. The molecule has 0 amide bonds. The average molecular weight is 310 g/mol. The predicted octanol–water partition coefficient (Wildman–Crippen LogP) is 3.25. The highest BCUT2D eigenvalue weighted by molar-refractivity contribution is 7.83. The van der Waals surface area contributed by atoms with Crippen molar-refractivity contribution in [3.8, 4) is 6.07 Å². The van der Waals surface area contributed by atoms with Crippen LogP contribution in [-0.4, -0.2) is 4.21 Å². The van der Waals surface area contributed by atoms with Crippen LogP contribution in [0.2, 0.25) is 0 Å². The molecule has 0 spiro atoms. The first-order chi connectivity index (χ1) is 10.8. The summed E-state index contributed by atoms with van der Waals surface area (Å²) in [6.07, 6.45) is 4.89. The van der Waals surface area contributed by atoms with Gasteiger partial charge in [-0.15, -0.1) is 0 Å². The number of hydrogen-bond acceptors (Lipinski definition) is 2. The fourth-order valence-electron chi connectivity index (χ4n) is 2.78. The van der Waals surface area contributed by atoms with Crippen LogP contribution in [0, 0.1) is 11.3 Å². The highest BCUT2D eigenvalue weighted by Crippen LogP contribution is 2.22. The Morgan fingerprint density at radius 2 is 1.77 bits per heavy atom. The van der Waals surface area contributed by atoms with Gasteiger partial charge in [-0.3, -0.25) is 0 Å². The van der Waals surface area contributed by atoms with Gasteiger partial charge in [-0.25, -0.2) is 8.93 Å². The van der Waals surface area contributed by atoms with Crippen LogP contribution >= 0.6 is 0 Å². The van der Waals surface area contributed by atoms with E-state index in [4.69, 9.17) is 5.26 Å². The van der Waals surface area contributed by atoms with E-state index < -0.39 is 11.0 Å². The molecular formula is C18H18N2OS. The molecule has 0 saturated heterocycles. The zero-order valence-electron chi connectivity index (χ0n) is 12.3. The molecule has 0 fully saturated rings. The number of nitrogens with one attached hydrogen (secondary N) is 1. The molecule has 1 aliphatic rings. The van der Waals surface area contributed by atoms with Crippen molar-refractivity contribution in [3.05, 3.63) is 64.7 Å². The van der Waals surface area contributed by atoms with E-state index in [1.807, 2.05) is 0 Å². The van der Waals surface area contributed by atoms with E-state index in [2.05, 4.69) is 29.0 Å². The van der Waals surface area contributed by atoms with Gasteiger partial charge in [-0.2, -0.15) is 5.26 Å². The molecule has 0 heterocycles. The second-order valence-corrected chi connectivity index (χ2v) is 6.83. The van der Waals surface area contributed by atoms with Crippen molar-refractivity contribution in [2.75, 3.05) is 0 Å². The highest BCUT2D eigenvalue weighted by Gasteiger charge is 2.10. The van der Waals surface area contributed by atoms with Gasteiger partial charge in [-0.05, 0) is 66.6 Å². The minimum Gasteiger partial charge on any atom is -0.237 e. The Hall–Kier alpha value is -1.96. The van der Waals surface area contributed by atoms with Crippen LogP contribution in [0.1, 0.15) is 35.1 Å². The fraction of sp³-hybridized carbons (Fsp3) is 0.278. The third-order valence-electron chi connectivity index (χ3n) is 4.02. The van der Waals surface area contributed by atoms with E-state index in [0.29, 0.717) is 17.0 Å². The van der Waals surface area contributed by atoms with Crippen LogP contribution < -0.4 is 4.72 Å². The Balaban J connectivity index is 1.64. The molecule has 0 aromatic heterocycles. The first-order valence-corrected chi connectivity index (χ1v) is 8.67. The molecule has 4 heteroatoms. The van der Waals surface area contributed by atoms with Crippen LogP contribution in [0.25, 0.3) is 0 Å². The number of hydrogen-bond donors (Lipinski definition) is 1. The van der Waals surface area contributed by atoms with Gasteiger partial charge >= 0.3 is 0 Å². The van der Waals surface area contributed by atoms with Crippen LogP contribution in [0.3, 0.4) is 0 Å². The standard InChI is InChI=1S/C18H18N2OS/c19-12-14-6-9-18(10-7-14)22(21)20-13-15-5-8-16-3-1-2-4-17(16)11-15/h5-11,20H,1-4,13H2. The molecule has 0 aliphatic heterocycles. The van der Waals surface area contributed by atoms with Gasteiger partial charge in [-0.1, -0.05) is 18.2 Å². The maximum atomic E-state index is 12.2. The van der Waals surface area contributed by atoms with E-state index in [1.165, 1.54) is 36.0 Å². The molecule has 3 rings (SSSR count). The predicted molar refractivity (Wildman–Crippen MR) is 87.5 cm³/mol. The lowest BCUT2D eigenvalue weighted by Gasteiger charge is -2.16. The summed E-state index contributed by atoms with van der Waals surface area (Å²) >= 11 is 0. The Morgan fingerprint density at radius 3 is 2.50 bits per heavy atom. The zero-order valence-corrected chi connectivity index (χ0v) is 13.2. The monoisotopic (exact) mass is 310 g/mol. The number of rotatable bonds is 4. The van der Waals surface area contributed by atoms with Crippen LogP contribution in [0.4, 0.5) is 0 Å². The molecule has 1 N–H and O–H groups in total. The molecule has 2 aromatic rings. The Morgan fingerprint density at radius 1 is 1.05 bits per heavy atom. The summed E-state index contributed by atoms with van der Waals surface area (Å²) in [5.74, 6) is 0. The lowest BCUT2D eigenvalue weighted by atomic mass is 9.90. The van der Waals surface area contributed by atoms with E-state index in [-0.39, 0.29) is 0 Å². The molecule has 0 saturated carbocycles. The Bertz CT molecular complexity index is 732. The van der Waals surface area contributed by atoms with Gasteiger partial charge in [0.15, 0.2) is 0 Å². The summed E-state index contributed by atoms with van der Waals surface area (Å²) in [7, 11) is -1.26. The first-order valence-electron chi connectivity index (χ1n) is 7.52. The number of nitriles is 1. The number of benzene rings is 2. The van der Waals surface area contributed by atoms with Crippen molar-refractivity contribution in [1.29, 1.82) is 5.26 Å². The topological polar surface area (TPSA) is 52.9 Å². The first kappa shape index (κ1) is 15.0. The molecule has 2 aromatic carbocycles. The minimum atomic E-state index is -1.26. The van der Waals surface area contributed by atoms with Crippen molar-refractivity contribution in [2.45, 2.75) is 37.1 Å². The van der Waals surface area contributed by atoms with Gasteiger partial charge in [0.25, 0.3) is 0 Å². The number of fused-ring (bicyclic) bond motifs is 1. The molecular weight excluding hydrogens is 292 g/mol. The van der Waals surface area contributed by atoms with Crippen LogP contribution in [-0.2, 0) is 30.4 Å². The smallest absolute Gasteiger partial charge is 0.125 e. The summed E-state index contributed by atoms with van der Waals surface area (Å²) in [6, 6.07) is 15.5. The van der Waals surface area contributed by atoms with Gasteiger partial charge in [0.05, 0.1) is 16.5 Å². The summed E-state index contributed by atoms with van der Waals surface area (Å²) in [6.45, 7) is 0.583. The molecule has 0 bridgehead atoms. The number of nitrogens with zero attached hydrogens (tertiary/aromatic N) is 1. The molecule has 22 heavy (non-hydrogen) atoms. The van der Waals surface area contributed by atoms with Crippen molar-refractivity contribution >= 4 is 11.0 Å². The van der Waals surface area contributed by atoms with Crippen LogP contribution in [0.15, 0.2) is 47.4 Å². The fourth-order valence-corrected chi connectivity index (χ4v) is 3.63. The highest BCUT2D eigenvalue weighted by atomic mass is 32.2.